The lowest BCUT2D eigenvalue weighted by Gasteiger charge is -2.35. The lowest BCUT2D eigenvalue weighted by molar-refractivity contribution is 0.0728. The minimum atomic E-state index is -5.12. The number of hydrogen-bond donors (Lipinski definition) is 1. The Morgan fingerprint density at radius 1 is 0.946 bits per heavy atom. The van der Waals surface area contributed by atoms with Gasteiger partial charge in [0, 0.05) is 43.5 Å². The number of nitrogens with zero attached hydrogens (tertiary/aromatic N) is 2. The summed E-state index contributed by atoms with van der Waals surface area (Å²) < 4.78 is 46.9. The SMILES string of the molecule is Cc1c(S)cc(CN2CCN(C(=O)OCC3c4ccccc4-c4ccccc43)CC2)c(C)c1[B-](F)(F)F. The third-order valence-electron chi connectivity index (χ3n) is 7.67. The predicted octanol–water partition coefficient (Wildman–Crippen LogP) is 5.71. The number of carbonyl (C=O) groups excluding carboxylic acids is 1. The van der Waals surface area contributed by atoms with E-state index in [2.05, 4.69) is 41.8 Å². The van der Waals surface area contributed by atoms with Crippen LogP contribution in [0.2, 0.25) is 0 Å². The molecule has 37 heavy (non-hydrogen) atoms. The van der Waals surface area contributed by atoms with Crippen LogP contribution in [0.1, 0.15) is 33.7 Å². The van der Waals surface area contributed by atoms with Crippen molar-refractivity contribution in [3.63, 3.8) is 0 Å². The summed E-state index contributed by atoms with van der Waals surface area (Å²) in [5, 5.41) is 0. The van der Waals surface area contributed by atoms with Gasteiger partial charge in [-0.05, 0) is 47.7 Å². The standard InChI is InChI=1S/C28H29BF3N2O2S/c1-18-20(15-26(37)19(2)27(18)29(30,31)32)16-33-11-13-34(14-12-33)28(35)36-17-25-23-9-5-3-7-21(23)22-8-4-6-10-24(22)25/h3-10,15,25,37H,11-14,16-17H2,1-2H3/q-1. The highest BCUT2D eigenvalue weighted by Gasteiger charge is 2.32. The zero-order chi connectivity index (χ0) is 26.3. The summed E-state index contributed by atoms with van der Waals surface area (Å²) in [6, 6.07) is 18.1. The van der Waals surface area contributed by atoms with Gasteiger partial charge in [-0.2, -0.15) is 0 Å². The van der Waals surface area contributed by atoms with Crippen LogP contribution in [0.4, 0.5) is 17.7 Å². The molecule has 0 atom stereocenters. The quantitative estimate of drug-likeness (QED) is 0.342. The van der Waals surface area contributed by atoms with Crippen LogP contribution in [0.5, 0.6) is 0 Å². The fourth-order valence-corrected chi connectivity index (χ4v) is 5.92. The van der Waals surface area contributed by atoms with Crippen molar-refractivity contribution in [3.8, 4) is 11.1 Å². The van der Waals surface area contributed by atoms with Crippen LogP contribution in [0.3, 0.4) is 0 Å². The van der Waals surface area contributed by atoms with Crippen molar-refractivity contribution in [3.05, 3.63) is 82.4 Å². The molecule has 0 radical (unpaired) electrons. The first-order valence-corrected chi connectivity index (χ1v) is 12.9. The van der Waals surface area contributed by atoms with Crippen molar-refractivity contribution in [2.75, 3.05) is 32.8 Å². The average molecular weight is 525 g/mol. The van der Waals surface area contributed by atoms with Gasteiger partial charge in [0.15, 0.2) is 0 Å². The van der Waals surface area contributed by atoms with Crippen LogP contribution in [0.15, 0.2) is 59.5 Å². The van der Waals surface area contributed by atoms with E-state index in [1.807, 2.05) is 24.3 Å². The molecule has 1 aliphatic carbocycles. The summed E-state index contributed by atoms with van der Waals surface area (Å²) in [5.41, 5.74) is 5.21. The Balaban J connectivity index is 1.20. The van der Waals surface area contributed by atoms with Crippen molar-refractivity contribution in [2.24, 2.45) is 0 Å². The van der Waals surface area contributed by atoms with Crippen molar-refractivity contribution in [2.45, 2.75) is 31.2 Å². The second-order valence-corrected chi connectivity index (χ2v) is 10.3. The van der Waals surface area contributed by atoms with Crippen molar-refractivity contribution >= 4 is 31.2 Å². The molecule has 1 aliphatic heterocycles. The van der Waals surface area contributed by atoms with Gasteiger partial charge in [-0.3, -0.25) is 4.90 Å². The van der Waals surface area contributed by atoms with Gasteiger partial charge in [0.25, 0.3) is 0 Å². The number of amides is 1. The smallest absolute Gasteiger partial charge is 0.448 e. The predicted molar refractivity (Wildman–Crippen MR) is 144 cm³/mol. The number of rotatable bonds is 5. The highest BCUT2D eigenvalue weighted by atomic mass is 32.1. The van der Waals surface area contributed by atoms with Gasteiger partial charge in [-0.1, -0.05) is 59.7 Å². The fourth-order valence-electron chi connectivity index (χ4n) is 5.64. The molecule has 2 aliphatic rings. The molecule has 0 spiro atoms. The summed E-state index contributed by atoms with van der Waals surface area (Å²) in [5.74, 6) is 0.00186. The maximum Gasteiger partial charge on any atom is 0.510 e. The van der Waals surface area contributed by atoms with Crippen LogP contribution < -0.4 is 5.46 Å². The topological polar surface area (TPSA) is 32.8 Å². The zero-order valence-electron chi connectivity index (χ0n) is 20.9. The minimum Gasteiger partial charge on any atom is -0.448 e. The number of ether oxygens (including phenoxy) is 1. The molecule has 3 aromatic carbocycles. The van der Waals surface area contributed by atoms with E-state index in [9.17, 15) is 17.7 Å². The maximum atomic E-state index is 13.7. The summed E-state index contributed by atoms with van der Waals surface area (Å²) in [4.78, 5) is 17.0. The Morgan fingerprint density at radius 2 is 1.51 bits per heavy atom. The van der Waals surface area contributed by atoms with Crippen LogP contribution in [0, 0.1) is 13.8 Å². The van der Waals surface area contributed by atoms with Gasteiger partial charge in [-0.25, -0.2) is 4.79 Å². The maximum absolute atomic E-state index is 13.7. The van der Waals surface area contributed by atoms with E-state index in [1.54, 1.807) is 11.0 Å². The third kappa shape index (κ3) is 4.99. The summed E-state index contributed by atoms with van der Waals surface area (Å²) in [6.45, 7) is 0.582. The van der Waals surface area contributed by atoms with Gasteiger partial charge < -0.3 is 22.6 Å². The normalized spacial score (nSPS) is 16.0. The third-order valence-corrected chi connectivity index (χ3v) is 8.14. The molecule has 1 saturated heterocycles. The van der Waals surface area contributed by atoms with Crippen molar-refractivity contribution in [1.29, 1.82) is 0 Å². The summed E-state index contributed by atoms with van der Waals surface area (Å²) in [7, 11) is 0. The number of hydrogen-bond acceptors (Lipinski definition) is 4. The Labute approximate surface area is 220 Å². The molecule has 4 nitrogen and oxygen atoms in total. The molecule has 0 aromatic heterocycles. The molecular formula is C28H29BF3N2O2S-. The largest absolute Gasteiger partial charge is 0.510 e. The zero-order valence-corrected chi connectivity index (χ0v) is 21.8. The molecule has 0 N–H and O–H groups in total. The van der Waals surface area contributed by atoms with E-state index in [0.717, 1.165) is 11.1 Å². The lowest BCUT2D eigenvalue weighted by atomic mass is 9.73. The Kier molecular flexibility index (Phi) is 7.02. The molecule has 194 valence electrons. The number of benzene rings is 3. The Bertz CT molecular complexity index is 1290. The van der Waals surface area contributed by atoms with Crippen molar-refractivity contribution in [1.82, 2.24) is 9.80 Å². The molecule has 1 fully saturated rings. The molecule has 5 rings (SSSR count). The fraction of sp³-hybridized carbons (Fsp3) is 0.321. The van der Waals surface area contributed by atoms with E-state index in [-0.39, 0.29) is 29.7 Å². The first kappa shape index (κ1) is 25.7. The summed E-state index contributed by atoms with van der Waals surface area (Å²) in [6.07, 6.45) is -0.354. The average Bonchev–Trinajstić information content (AvgIpc) is 3.19. The molecule has 3 aromatic rings. The molecule has 0 unspecified atom stereocenters. The van der Waals surface area contributed by atoms with Crippen LogP contribution in [0.25, 0.3) is 11.1 Å². The van der Waals surface area contributed by atoms with E-state index in [1.165, 1.54) is 25.0 Å². The first-order valence-electron chi connectivity index (χ1n) is 12.5. The Hall–Kier alpha value is -2.91. The highest BCUT2D eigenvalue weighted by Crippen LogP contribution is 2.44. The van der Waals surface area contributed by atoms with E-state index in [4.69, 9.17) is 4.74 Å². The van der Waals surface area contributed by atoms with Gasteiger partial charge in [0.05, 0.1) is 0 Å². The highest BCUT2D eigenvalue weighted by molar-refractivity contribution is 7.80. The molecular weight excluding hydrogens is 496 g/mol. The molecule has 0 saturated carbocycles. The van der Waals surface area contributed by atoms with Crippen molar-refractivity contribution < 1.29 is 22.5 Å². The summed E-state index contributed by atoms with van der Waals surface area (Å²) >= 11 is 4.29. The number of halogens is 3. The molecule has 1 heterocycles. The molecule has 9 heteroatoms. The van der Waals surface area contributed by atoms with Crippen LogP contribution >= 0.6 is 12.6 Å². The first-order chi connectivity index (χ1) is 17.6. The molecule has 1 amide bonds. The van der Waals surface area contributed by atoms with E-state index in [0.29, 0.717) is 43.2 Å². The monoisotopic (exact) mass is 525 g/mol. The van der Waals surface area contributed by atoms with Gasteiger partial charge >= 0.3 is 13.1 Å². The van der Waals surface area contributed by atoms with Gasteiger partial charge in [-0.15, -0.1) is 18.1 Å². The van der Waals surface area contributed by atoms with Gasteiger partial charge in [0.1, 0.15) is 6.61 Å². The number of fused-ring (bicyclic) bond motifs is 3. The second-order valence-electron chi connectivity index (χ2n) is 9.86. The van der Waals surface area contributed by atoms with Crippen LogP contribution in [-0.2, 0) is 11.3 Å². The van der Waals surface area contributed by atoms with E-state index < -0.39 is 12.4 Å². The Morgan fingerprint density at radius 3 is 2.08 bits per heavy atom. The van der Waals surface area contributed by atoms with Gasteiger partial charge in [0.2, 0.25) is 0 Å². The number of piperazine rings is 1. The number of thiol groups is 1. The minimum absolute atomic E-state index is 0.00186. The lowest BCUT2D eigenvalue weighted by Crippen LogP contribution is -2.49. The van der Waals surface area contributed by atoms with E-state index >= 15 is 0 Å². The second kappa shape index (κ2) is 10.1. The number of carbonyl (C=O) groups is 1. The molecule has 0 bridgehead atoms. The van der Waals surface area contributed by atoms with Crippen LogP contribution in [-0.4, -0.2) is 55.7 Å².